The van der Waals surface area contributed by atoms with E-state index in [0.29, 0.717) is 12.5 Å². The van der Waals surface area contributed by atoms with Crippen LogP contribution < -0.4 is 5.32 Å². The fraction of sp³-hybridized carbons (Fsp3) is 0.588. The van der Waals surface area contributed by atoms with E-state index in [4.69, 9.17) is 0 Å². The summed E-state index contributed by atoms with van der Waals surface area (Å²) >= 11 is 0. The monoisotopic (exact) mass is 330 g/mol. The summed E-state index contributed by atoms with van der Waals surface area (Å²) in [6.07, 6.45) is 7.57. The molecule has 1 fully saturated rings. The third-order valence-electron chi connectivity index (χ3n) is 4.78. The van der Waals surface area contributed by atoms with Crippen LogP contribution in [0.15, 0.2) is 12.4 Å². The average molecular weight is 330 g/mol. The van der Waals surface area contributed by atoms with Gasteiger partial charge in [-0.3, -0.25) is 5.10 Å². The molecule has 0 unspecified atom stereocenters. The van der Waals surface area contributed by atoms with Crippen molar-refractivity contribution >= 4 is 6.03 Å². The van der Waals surface area contributed by atoms with E-state index < -0.39 is 0 Å². The molecule has 3 heterocycles. The minimum atomic E-state index is 0.0342. The number of nitrogens with one attached hydrogen (secondary N) is 3. The zero-order valence-electron chi connectivity index (χ0n) is 14.4. The number of urea groups is 1. The summed E-state index contributed by atoms with van der Waals surface area (Å²) in [5, 5.41) is 10.3. The molecule has 130 valence electrons. The van der Waals surface area contributed by atoms with Gasteiger partial charge in [-0.05, 0) is 45.1 Å². The van der Waals surface area contributed by atoms with Crippen molar-refractivity contribution in [3.63, 3.8) is 0 Å². The molecule has 0 bridgehead atoms. The van der Waals surface area contributed by atoms with Gasteiger partial charge in [-0.1, -0.05) is 0 Å². The standard InChI is InChI=1S/C17H26N6O/c1-12-15(13(2)22-21-12)6-3-7-20-17(24)23-10-4-5-14(11-23)16-18-8-9-19-16/h8-9,14H,3-7,10-11H2,1-2H3,(H,18,19)(H,20,24)(H,21,22)/t14-/m0/s1. The van der Waals surface area contributed by atoms with Gasteiger partial charge in [0.15, 0.2) is 0 Å². The second-order valence-electron chi connectivity index (χ2n) is 6.51. The minimum absolute atomic E-state index is 0.0342. The summed E-state index contributed by atoms with van der Waals surface area (Å²) < 4.78 is 0. The zero-order valence-corrected chi connectivity index (χ0v) is 14.4. The summed E-state index contributed by atoms with van der Waals surface area (Å²) in [7, 11) is 0. The number of aromatic nitrogens is 4. The minimum Gasteiger partial charge on any atom is -0.348 e. The smallest absolute Gasteiger partial charge is 0.317 e. The summed E-state index contributed by atoms with van der Waals surface area (Å²) in [5.41, 5.74) is 3.44. The Balaban J connectivity index is 1.43. The molecule has 1 saturated heterocycles. The molecule has 0 radical (unpaired) electrons. The first-order valence-corrected chi connectivity index (χ1v) is 8.67. The van der Waals surface area contributed by atoms with Gasteiger partial charge in [0.25, 0.3) is 0 Å². The van der Waals surface area contributed by atoms with E-state index >= 15 is 0 Å². The highest BCUT2D eigenvalue weighted by Gasteiger charge is 2.25. The Morgan fingerprint density at radius 1 is 1.46 bits per heavy atom. The van der Waals surface area contributed by atoms with E-state index in [0.717, 1.165) is 56.0 Å². The van der Waals surface area contributed by atoms with Gasteiger partial charge >= 0.3 is 6.03 Å². The van der Waals surface area contributed by atoms with E-state index in [1.165, 1.54) is 5.56 Å². The van der Waals surface area contributed by atoms with Crippen LogP contribution in [-0.2, 0) is 6.42 Å². The van der Waals surface area contributed by atoms with Crippen LogP contribution in [0.4, 0.5) is 4.79 Å². The first kappa shape index (κ1) is 16.5. The highest BCUT2D eigenvalue weighted by Crippen LogP contribution is 2.24. The predicted octanol–water partition coefficient (Wildman–Crippen LogP) is 2.27. The van der Waals surface area contributed by atoms with Crippen molar-refractivity contribution in [1.29, 1.82) is 0 Å². The molecule has 2 aromatic heterocycles. The zero-order chi connectivity index (χ0) is 16.9. The van der Waals surface area contributed by atoms with Gasteiger partial charge in [0.2, 0.25) is 0 Å². The molecule has 3 rings (SSSR count). The molecule has 2 aromatic rings. The molecule has 0 saturated carbocycles. The lowest BCUT2D eigenvalue weighted by atomic mass is 9.98. The van der Waals surface area contributed by atoms with Crippen LogP contribution in [0.2, 0.25) is 0 Å². The summed E-state index contributed by atoms with van der Waals surface area (Å²) in [6, 6.07) is 0.0342. The normalized spacial score (nSPS) is 17.9. The number of aryl methyl sites for hydroxylation is 2. The molecule has 3 N–H and O–H groups in total. The molecule has 7 heteroatoms. The number of carbonyl (C=O) groups excluding carboxylic acids is 1. The van der Waals surface area contributed by atoms with Crippen LogP contribution >= 0.6 is 0 Å². The molecule has 0 aliphatic carbocycles. The average Bonchev–Trinajstić information content (AvgIpc) is 3.23. The first-order chi connectivity index (χ1) is 11.6. The number of aromatic amines is 2. The summed E-state index contributed by atoms with van der Waals surface area (Å²) in [4.78, 5) is 21.8. The largest absolute Gasteiger partial charge is 0.348 e. The number of piperidine rings is 1. The lowest BCUT2D eigenvalue weighted by molar-refractivity contribution is 0.178. The summed E-state index contributed by atoms with van der Waals surface area (Å²) in [6.45, 7) is 6.30. The molecular formula is C17H26N6O. The Labute approximate surface area is 142 Å². The molecular weight excluding hydrogens is 304 g/mol. The van der Waals surface area contributed by atoms with Crippen LogP contribution in [0, 0.1) is 13.8 Å². The van der Waals surface area contributed by atoms with E-state index in [1.807, 2.05) is 24.9 Å². The van der Waals surface area contributed by atoms with E-state index in [1.54, 1.807) is 6.20 Å². The van der Waals surface area contributed by atoms with Crippen LogP contribution in [0.25, 0.3) is 0 Å². The van der Waals surface area contributed by atoms with Crippen LogP contribution in [0.3, 0.4) is 0 Å². The number of nitrogens with zero attached hydrogens (tertiary/aromatic N) is 3. The maximum Gasteiger partial charge on any atom is 0.317 e. The first-order valence-electron chi connectivity index (χ1n) is 8.67. The van der Waals surface area contributed by atoms with Crippen molar-refractivity contribution in [1.82, 2.24) is 30.4 Å². The highest BCUT2D eigenvalue weighted by atomic mass is 16.2. The van der Waals surface area contributed by atoms with Gasteiger partial charge < -0.3 is 15.2 Å². The van der Waals surface area contributed by atoms with Gasteiger partial charge in [0.1, 0.15) is 5.82 Å². The van der Waals surface area contributed by atoms with Crippen molar-refractivity contribution < 1.29 is 4.79 Å². The molecule has 1 atom stereocenters. The third-order valence-corrected chi connectivity index (χ3v) is 4.78. The predicted molar refractivity (Wildman–Crippen MR) is 91.9 cm³/mol. The van der Waals surface area contributed by atoms with Gasteiger partial charge in [-0.25, -0.2) is 9.78 Å². The Bertz CT molecular complexity index is 643. The van der Waals surface area contributed by atoms with Gasteiger partial charge in [0.05, 0.1) is 5.69 Å². The van der Waals surface area contributed by atoms with Gasteiger partial charge in [-0.2, -0.15) is 5.10 Å². The number of likely N-dealkylation sites (tertiary alicyclic amines) is 1. The van der Waals surface area contributed by atoms with Gasteiger partial charge in [-0.15, -0.1) is 0 Å². The van der Waals surface area contributed by atoms with Crippen LogP contribution in [-0.4, -0.2) is 50.7 Å². The SMILES string of the molecule is Cc1n[nH]c(C)c1CCCNC(=O)N1CCC[C@H](c2ncc[nH]2)C1. The number of rotatable bonds is 5. The van der Waals surface area contributed by atoms with E-state index in [2.05, 4.69) is 25.5 Å². The van der Waals surface area contributed by atoms with Crippen LogP contribution in [0.1, 0.15) is 48.0 Å². The second-order valence-corrected chi connectivity index (χ2v) is 6.51. The Morgan fingerprint density at radius 2 is 2.33 bits per heavy atom. The maximum absolute atomic E-state index is 12.4. The molecule has 2 amide bonds. The number of hydrogen-bond acceptors (Lipinski definition) is 3. The Hall–Kier alpha value is -2.31. The van der Waals surface area contributed by atoms with Crippen LogP contribution in [0.5, 0.6) is 0 Å². The van der Waals surface area contributed by atoms with Crippen molar-refractivity contribution in [2.24, 2.45) is 0 Å². The number of carbonyl (C=O) groups is 1. The summed E-state index contributed by atoms with van der Waals surface area (Å²) in [5.74, 6) is 1.30. The number of imidazole rings is 1. The van der Waals surface area contributed by atoms with E-state index in [9.17, 15) is 4.79 Å². The van der Waals surface area contributed by atoms with Crippen molar-refractivity contribution in [3.8, 4) is 0 Å². The molecule has 1 aliphatic rings. The molecule has 24 heavy (non-hydrogen) atoms. The number of amides is 2. The second kappa shape index (κ2) is 7.51. The molecule has 0 aromatic carbocycles. The lowest BCUT2D eigenvalue weighted by Gasteiger charge is -2.31. The Kier molecular flexibility index (Phi) is 5.17. The fourth-order valence-electron chi connectivity index (χ4n) is 3.40. The topological polar surface area (TPSA) is 89.7 Å². The van der Waals surface area contributed by atoms with Crippen molar-refractivity contribution in [2.75, 3.05) is 19.6 Å². The van der Waals surface area contributed by atoms with Crippen molar-refractivity contribution in [3.05, 3.63) is 35.2 Å². The molecule has 1 aliphatic heterocycles. The number of hydrogen-bond donors (Lipinski definition) is 3. The highest BCUT2D eigenvalue weighted by molar-refractivity contribution is 5.74. The molecule has 0 spiro atoms. The quantitative estimate of drug-likeness (QED) is 0.735. The number of H-pyrrole nitrogens is 2. The van der Waals surface area contributed by atoms with Crippen molar-refractivity contribution in [2.45, 2.75) is 45.4 Å². The van der Waals surface area contributed by atoms with E-state index in [-0.39, 0.29) is 6.03 Å². The van der Waals surface area contributed by atoms with Gasteiger partial charge in [0, 0.05) is 43.6 Å². The third kappa shape index (κ3) is 3.77. The lowest BCUT2D eigenvalue weighted by Crippen LogP contribution is -2.45. The Morgan fingerprint density at radius 3 is 3.04 bits per heavy atom. The fourth-order valence-corrected chi connectivity index (χ4v) is 3.40. The molecule has 7 nitrogen and oxygen atoms in total. The maximum atomic E-state index is 12.4.